The van der Waals surface area contributed by atoms with E-state index < -0.39 is 0 Å². The Labute approximate surface area is 125 Å². The first-order valence-electron chi connectivity index (χ1n) is 7.40. The highest BCUT2D eigenvalue weighted by atomic mass is 16.5. The van der Waals surface area contributed by atoms with Crippen molar-refractivity contribution in [1.29, 1.82) is 0 Å². The van der Waals surface area contributed by atoms with E-state index in [1.165, 1.54) is 11.1 Å². The van der Waals surface area contributed by atoms with E-state index in [0.717, 1.165) is 36.3 Å². The van der Waals surface area contributed by atoms with Crippen molar-refractivity contribution in [2.24, 2.45) is 5.73 Å². The summed E-state index contributed by atoms with van der Waals surface area (Å²) in [7, 11) is 1.67. The Bertz CT molecular complexity index is 624. The van der Waals surface area contributed by atoms with Crippen molar-refractivity contribution >= 4 is 0 Å². The van der Waals surface area contributed by atoms with Crippen molar-refractivity contribution in [2.75, 3.05) is 7.11 Å². The van der Waals surface area contributed by atoms with E-state index in [-0.39, 0.29) is 6.04 Å². The molecule has 0 aliphatic heterocycles. The molecule has 0 heterocycles. The Balaban J connectivity index is 1.70. The highest BCUT2D eigenvalue weighted by Crippen LogP contribution is 2.30. The van der Waals surface area contributed by atoms with Crippen LogP contribution in [0.2, 0.25) is 0 Å². The van der Waals surface area contributed by atoms with E-state index in [4.69, 9.17) is 15.2 Å². The summed E-state index contributed by atoms with van der Waals surface area (Å²) in [5, 5.41) is 0. The largest absolute Gasteiger partial charge is 0.497 e. The van der Waals surface area contributed by atoms with Gasteiger partial charge in [-0.2, -0.15) is 0 Å². The zero-order valence-corrected chi connectivity index (χ0v) is 12.3. The number of methoxy groups -OCH3 is 1. The van der Waals surface area contributed by atoms with E-state index in [0.29, 0.717) is 6.61 Å². The molecule has 0 saturated carbocycles. The van der Waals surface area contributed by atoms with Crippen LogP contribution in [-0.4, -0.2) is 7.11 Å². The fourth-order valence-corrected chi connectivity index (χ4v) is 2.85. The average molecular weight is 283 g/mol. The van der Waals surface area contributed by atoms with Crippen LogP contribution in [0.3, 0.4) is 0 Å². The molecule has 0 saturated heterocycles. The van der Waals surface area contributed by atoms with Crippen LogP contribution in [0.15, 0.2) is 42.5 Å². The molecule has 2 aromatic carbocycles. The van der Waals surface area contributed by atoms with Gasteiger partial charge in [-0.15, -0.1) is 0 Å². The van der Waals surface area contributed by atoms with E-state index in [1.807, 2.05) is 30.3 Å². The normalized spacial score (nSPS) is 17.1. The third-order valence-electron chi connectivity index (χ3n) is 4.01. The number of nitrogens with two attached hydrogens (primary N) is 1. The zero-order valence-electron chi connectivity index (χ0n) is 12.3. The molecule has 1 aliphatic rings. The third kappa shape index (κ3) is 3.19. The summed E-state index contributed by atoms with van der Waals surface area (Å²) in [6, 6.07) is 14.4. The summed E-state index contributed by atoms with van der Waals surface area (Å²) in [6.45, 7) is 0.544. The maximum atomic E-state index is 6.14. The van der Waals surface area contributed by atoms with Crippen molar-refractivity contribution in [3.05, 3.63) is 59.2 Å². The lowest BCUT2D eigenvalue weighted by Crippen LogP contribution is -2.17. The SMILES string of the molecule is COc1cccc(COc2ccc3c(c2)CCCC3N)c1. The topological polar surface area (TPSA) is 44.5 Å². The molecule has 3 heteroatoms. The van der Waals surface area contributed by atoms with Crippen LogP contribution in [0.5, 0.6) is 11.5 Å². The van der Waals surface area contributed by atoms with Gasteiger partial charge in [0, 0.05) is 6.04 Å². The Kier molecular flexibility index (Phi) is 4.11. The van der Waals surface area contributed by atoms with Gasteiger partial charge >= 0.3 is 0 Å². The fraction of sp³-hybridized carbons (Fsp3) is 0.333. The fourth-order valence-electron chi connectivity index (χ4n) is 2.85. The molecule has 110 valence electrons. The highest BCUT2D eigenvalue weighted by molar-refractivity contribution is 5.39. The first-order chi connectivity index (χ1) is 10.3. The second-order valence-corrected chi connectivity index (χ2v) is 5.50. The van der Waals surface area contributed by atoms with Gasteiger partial charge in [0.25, 0.3) is 0 Å². The molecule has 21 heavy (non-hydrogen) atoms. The van der Waals surface area contributed by atoms with Crippen molar-refractivity contribution in [1.82, 2.24) is 0 Å². The molecule has 0 spiro atoms. The minimum absolute atomic E-state index is 0.182. The summed E-state index contributed by atoms with van der Waals surface area (Å²) in [5.74, 6) is 1.76. The summed E-state index contributed by atoms with van der Waals surface area (Å²) >= 11 is 0. The van der Waals surface area contributed by atoms with Gasteiger partial charge in [-0.1, -0.05) is 18.2 Å². The number of ether oxygens (including phenoxy) is 2. The lowest BCUT2D eigenvalue weighted by molar-refractivity contribution is 0.304. The summed E-state index contributed by atoms with van der Waals surface area (Å²) in [5.41, 5.74) is 9.84. The number of fused-ring (bicyclic) bond motifs is 1. The maximum absolute atomic E-state index is 6.14. The average Bonchev–Trinajstić information content (AvgIpc) is 2.53. The Morgan fingerprint density at radius 3 is 2.90 bits per heavy atom. The summed E-state index contributed by atoms with van der Waals surface area (Å²) in [6.07, 6.45) is 3.34. The molecule has 1 unspecified atom stereocenters. The van der Waals surface area contributed by atoms with Crippen LogP contribution in [0.1, 0.15) is 35.6 Å². The number of benzene rings is 2. The van der Waals surface area contributed by atoms with Crippen LogP contribution in [0, 0.1) is 0 Å². The van der Waals surface area contributed by atoms with E-state index in [1.54, 1.807) is 7.11 Å². The van der Waals surface area contributed by atoms with Crippen molar-refractivity contribution < 1.29 is 9.47 Å². The molecule has 2 aromatic rings. The van der Waals surface area contributed by atoms with Gasteiger partial charge in [0.15, 0.2) is 0 Å². The molecule has 2 N–H and O–H groups in total. The zero-order chi connectivity index (χ0) is 14.7. The molecule has 0 amide bonds. The van der Waals surface area contributed by atoms with E-state index >= 15 is 0 Å². The van der Waals surface area contributed by atoms with Gasteiger partial charge in [0.2, 0.25) is 0 Å². The smallest absolute Gasteiger partial charge is 0.120 e. The molecule has 0 aromatic heterocycles. The Hall–Kier alpha value is -2.00. The summed E-state index contributed by atoms with van der Waals surface area (Å²) < 4.78 is 11.1. The number of aryl methyl sites for hydroxylation is 1. The Morgan fingerprint density at radius 1 is 1.14 bits per heavy atom. The molecule has 3 rings (SSSR count). The van der Waals surface area contributed by atoms with Crippen LogP contribution in [-0.2, 0) is 13.0 Å². The molecule has 1 atom stereocenters. The van der Waals surface area contributed by atoms with Crippen LogP contribution in [0.25, 0.3) is 0 Å². The summed E-state index contributed by atoms with van der Waals surface area (Å²) in [4.78, 5) is 0. The monoisotopic (exact) mass is 283 g/mol. The molecule has 0 radical (unpaired) electrons. The number of hydrogen-bond donors (Lipinski definition) is 1. The maximum Gasteiger partial charge on any atom is 0.120 e. The lowest BCUT2D eigenvalue weighted by Gasteiger charge is -2.22. The first kappa shape index (κ1) is 14.0. The van der Waals surface area contributed by atoms with Gasteiger partial charge in [0.05, 0.1) is 7.11 Å². The van der Waals surface area contributed by atoms with Gasteiger partial charge < -0.3 is 15.2 Å². The van der Waals surface area contributed by atoms with E-state index in [2.05, 4.69) is 12.1 Å². The third-order valence-corrected chi connectivity index (χ3v) is 4.01. The minimum Gasteiger partial charge on any atom is -0.497 e. The minimum atomic E-state index is 0.182. The molecule has 1 aliphatic carbocycles. The second-order valence-electron chi connectivity index (χ2n) is 5.50. The van der Waals surface area contributed by atoms with Gasteiger partial charge in [-0.25, -0.2) is 0 Å². The van der Waals surface area contributed by atoms with Crippen molar-refractivity contribution in [2.45, 2.75) is 31.9 Å². The highest BCUT2D eigenvalue weighted by Gasteiger charge is 2.16. The molecule has 3 nitrogen and oxygen atoms in total. The van der Waals surface area contributed by atoms with E-state index in [9.17, 15) is 0 Å². The first-order valence-corrected chi connectivity index (χ1v) is 7.40. The molecule has 0 bridgehead atoms. The Morgan fingerprint density at radius 2 is 2.05 bits per heavy atom. The predicted molar refractivity (Wildman–Crippen MR) is 83.6 cm³/mol. The van der Waals surface area contributed by atoms with Gasteiger partial charge in [0.1, 0.15) is 18.1 Å². The second kappa shape index (κ2) is 6.19. The lowest BCUT2D eigenvalue weighted by atomic mass is 9.88. The van der Waals surface area contributed by atoms with Crippen LogP contribution >= 0.6 is 0 Å². The number of hydrogen-bond acceptors (Lipinski definition) is 3. The van der Waals surface area contributed by atoms with Gasteiger partial charge in [-0.05, 0) is 60.2 Å². The van der Waals surface area contributed by atoms with Crippen LogP contribution < -0.4 is 15.2 Å². The number of rotatable bonds is 4. The van der Waals surface area contributed by atoms with Gasteiger partial charge in [-0.3, -0.25) is 0 Å². The molecular formula is C18H21NO2. The molecule has 0 fully saturated rings. The molecular weight excluding hydrogens is 262 g/mol. The quantitative estimate of drug-likeness (QED) is 0.932. The standard InChI is InChI=1S/C18H21NO2/c1-20-15-6-2-4-13(10-15)12-21-16-8-9-17-14(11-16)5-3-7-18(17)19/h2,4,6,8-11,18H,3,5,7,12,19H2,1H3. The van der Waals surface area contributed by atoms with Crippen LogP contribution in [0.4, 0.5) is 0 Å². The predicted octanol–water partition coefficient (Wildman–Crippen LogP) is 3.61. The van der Waals surface area contributed by atoms with Crippen molar-refractivity contribution in [3.63, 3.8) is 0 Å². The van der Waals surface area contributed by atoms with Crippen molar-refractivity contribution in [3.8, 4) is 11.5 Å².